The van der Waals surface area contributed by atoms with Crippen LogP contribution in [0, 0.1) is 0 Å². The van der Waals surface area contributed by atoms with Crippen molar-refractivity contribution >= 4 is 0 Å². The minimum atomic E-state index is -0.369. The Labute approximate surface area is 115 Å². The molecule has 2 aromatic rings. The molecule has 0 bridgehead atoms. The van der Waals surface area contributed by atoms with E-state index in [1.54, 1.807) is 0 Å². The smallest absolute Gasteiger partial charge is 0.0793 e. The maximum absolute atomic E-state index is 10.1. The summed E-state index contributed by atoms with van der Waals surface area (Å²) in [5.74, 6) is 0.573. The molecule has 0 radical (unpaired) electrons. The van der Waals surface area contributed by atoms with Crippen LogP contribution in [0.5, 0.6) is 0 Å². The van der Waals surface area contributed by atoms with Gasteiger partial charge in [0, 0.05) is 0 Å². The van der Waals surface area contributed by atoms with Gasteiger partial charge in [0.15, 0.2) is 0 Å². The molecule has 1 nitrogen and oxygen atoms in total. The van der Waals surface area contributed by atoms with Gasteiger partial charge in [0.25, 0.3) is 0 Å². The van der Waals surface area contributed by atoms with Crippen LogP contribution >= 0.6 is 0 Å². The highest BCUT2D eigenvalue weighted by Crippen LogP contribution is 2.20. The molecule has 0 aliphatic carbocycles. The second-order valence-electron chi connectivity index (χ2n) is 5.36. The summed E-state index contributed by atoms with van der Waals surface area (Å²) in [7, 11) is 0. The fourth-order valence-electron chi connectivity index (χ4n) is 2.21. The molecule has 0 saturated heterocycles. The highest BCUT2D eigenvalue weighted by molar-refractivity contribution is 5.25. The first kappa shape index (κ1) is 13.8. The Balaban J connectivity index is 1.92. The number of aryl methyl sites for hydroxylation is 1. The van der Waals surface area contributed by atoms with E-state index in [9.17, 15) is 5.11 Å². The molecule has 0 heterocycles. The molecule has 19 heavy (non-hydrogen) atoms. The quantitative estimate of drug-likeness (QED) is 0.834. The monoisotopic (exact) mass is 254 g/mol. The maximum atomic E-state index is 10.1. The van der Waals surface area contributed by atoms with Gasteiger partial charge < -0.3 is 5.11 Å². The van der Waals surface area contributed by atoms with Gasteiger partial charge in [-0.05, 0) is 35.4 Å². The van der Waals surface area contributed by atoms with E-state index in [2.05, 4.69) is 38.1 Å². The zero-order valence-electron chi connectivity index (χ0n) is 11.7. The predicted octanol–water partition coefficient (Wildman–Crippen LogP) is 4.48. The highest BCUT2D eigenvalue weighted by atomic mass is 16.3. The Morgan fingerprint density at radius 3 is 2.05 bits per heavy atom. The number of aliphatic hydroxyl groups is 1. The van der Waals surface area contributed by atoms with Gasteiger partial charge in [0.1, 0.15) is 0 Å². The number of benzene rings is 2. The molecule has 100 valence electrons. The van der Waals surface area contributed by atoms with Gasteiger partial charge in [0.05, 0.1) is 6.10 Å². The molecule has 1 N–H and O–H groups in total. The first-order valence-corrected chi connectivity index (χ1v) is 6.98. The van der Waals surface area contributed by atoms with Crippen molar-refractivity contribution in [1.82, 2.24) is 0 Å². The lowest BCUT2D eigenvalue weighted by Gasteiger charge is -2.11. The van der Waals surface area contributed by atoms with Crippen molar-refractivity contribution in [2.45, 2.75) is 38.7 Å². The lowest BCUT2D eigenvalue weighted by Crippen LogP contribution is -1.99. The summed E-state index contributed by atoms with van der Waals surface area (Å²) >= 11 is 0. The number of hydrogen-bond acceptors (Lipinski definition) is 1. The van der Waals surface area contributed by atoms with E-state index in [-0.39, 0.29) is 6.10 Å². The SMILES string of the molecule is CC(C)c1ccc(CCC(O)c2ccccc2)cc1. The normalized spacial score (nSPS) is 12.6. The molecule has 0 spiro atoms. The molecule has 0 aromatic heterocycles. The molecule has 1 heteroatoms. The summed E-state index contributed by atoms with van der Waals surface area (Å²) in [5, 5.41) is 10.1. The van der Waals surface area contributed by atoms with Gasteiger partial charge in [-0.25, -0.2) is 0 Å². The molecule has 0 amide bonds. The summed E-state index contributed by atoms with van der Waals surface area (Å²) in [5.41, 5.74) is 3.66. The lowest BCUT2D eigenvalue weighted by atomic mass is 9.98. The summed E-state index contributed by atoms with van der Waals surface area (Å²) in [6.45, 7) is 4.41. The minimum absolute atomic E-state index is 0.369. The Morgan fingerprint density at radius 1 is 0.842 bits per heavy atom. The third kappa shape index (κ3) is 3.93. The van der Waals surface area contributed by atoms with Gasteiger partial charge in [0.2, 0.25) is 0 Å². The number of hydrogen-bond donors (Lipinski definition) is 1. The van der Waals surface area contributed by atoms with Crippen LogP contribution in [-0.4, -0.2) is 5.11 Å². The third-order valence-electron chi connectivity index (χ3n) is 3.54. The molecule has 0 aliphatic heterocycles. The van der Waals surface area contributed by atoms with Crippen LogP contribution in [0.2, 0.25) is 0 Å². The second kappa shape index (κ2) is 6.53. The summed E-state index contributed by atoms with van der Waals surface area (Å²) < 4.78 is 0. The zero-order chi connectivity index (χ0) is 13.7. The summed E-state index contributed by atoms with van der Waals surface area (Å²) in [6.07, 6.45) is 1.31. The van der Waals surface area contributed by atoms with Gasteiger partial charge in [-0.3, -0.25) is 0 Å². The van der Waals surface area contributed by atoms with Gasteiger partial charge in [-0.2, -0.15) is 0 Å². The van der Waals surface area contributed by atoms with Crippen molar-refractivity contribution in [2.75, 3.05) is 0 Å². The van der Waals surface area contributed by atoms with E-state index < -0.39 is 0 Å². The van der Waals surface area contributed by atoms with Crippen molar-refractivity contribution < 1.29 is 5.11 Å². The Hall–Kier alpha value is -1.60. The number of rotatable bonds is 5. The van der Waals surface area contributed by atoms with Crippen LogP contribution in [0.3, 0.4) is 0 Å². The van der Waals surface area contributed by atoms with E-state index in [4.69, 9.17) is 0 Å². The minimum Gasteiger partial charge on any atom is -0.388 e. The van der Waals surface area contributed by atoms with Gasteiger partial charge >= 0.3 is 0 Å². The van der Waals surface area contributed by atoms with E-state index >= 15 is 0 Å². The fraction of sp³-hybridized carbons (Fsp3) is 0.333. The zero-order valence-corrected chi connectivity index (χ0v) is 11.7. The molecule has 0 aliphatic rings. The molecular weight excluding hydrogens is 232 g/mol. The van der Waals surface area contributed by atoms with E-state index in [0.717, 1.165) is 18.4 Å². The van der Waals surface area contributed by atoms with Crippen LogP contribution in [0.15, 0.2) is 54.6 Å². The molecular formula is C18H22O. The van der Waals surface area contributed by atoms with E-state index in [0.29, 0.717) is 5.92 Å². The molecule has 0 fully saturated rings. The van der Waals surface area contributed by atoms with Crippen molar-refractivity contribution in [3.05, 3.63) is 71.3 Å². The van der Waals surface area contributed by atoms with Crippen molar-refractivity contribution in [2.24, 2.45) is 0 Å². The number of aliphatic hydroxyl groups excluding tert-OH is 1. The van der Waals surface area contributed by atoms with Crippen molar-refractivity contribution in [1.29, 1.82) is 0 Å². The molecule has 2 aromatic carbocycles. The predicted molar refractivity (Wildman–Crippen MR) is 80.3 cm³/mol. The van der Waals surface area contributed by atoms with E-state index in [1.807, 2.05) is 30.3 Å². The standard InChI is InChI=1S/C18H22O/c1-14(2)16-11-8-15(9-12-16)10-13-18(19)17-6-4-3-5-7-17/h3-9,11-12,14,18-19H,10,13H2,1-2H3. The summed E-state index contributed by atoms with van der Waals surface area (Å²) in [6, 6.07) is 18.6. The average molecular weight is 254 g/mol. The molecule has 2 rings (SSSR count). The topological polar surface area (TPSA) is 20.2 Å². The van der Waals surface area contributed by atoms with Crippen LogP contribution in [-0.2, 0) is 6.42 Å². The molecule has 0 saturated carbocycles. The van der Waals surface area contributed by atoms with Crippen LogP contribution in [0.4, 0.5) is 0 Å². The van der Waals surface area contributed by atoms with Crippen LogP contribution < -0.4 is 0 Å². The highest BCUT2D eigenvalue weighted by Gasteiger charge is 2.07. The van der Waals surface area contributed by atoms with E-state index in [1.165, 1.54) is 11.1 Å². The molecule has 1 atom stereocenters. The average Bonchev–Trinajstić information content (AvgIpc) is 2.46. The van der Waals surface area contributed by atoms with Crippen LogP contribution in [0.1, 0.15) is 49.0 Å². The Morgan fingerprint density at radius 2 is 1.47 bits per heavy atom. The van der Waals surface area contributed by atoms with Gasteiger partial charge in [-0.1, -0.05) is 68.4 Å². The second-order valence-corrected chi connectivity index (χ2v) is 5.36. The van der Waals surface area contributed by atoms with Crippen molar-refractivity contribution in [3.63, 3.8) is 0 Å². The largest absolute Gasteiger partial charge is 0.388 e. The summed E-state index contributed by atoms with van der Waals surface area (Å²) in [4.78, 5) is 0. The first-order valence-electron chi connectivity index (χ1n) is 6.98. The molecule has 1 unspecified atom stereocenters. The Bertz CT molecular complexity index is 485. The lowest BCUT2D eigenvalue weighted by molar-refractivity contribution is 0.168. The first-order chi connectivity index (χ1) is 9.16. The van der Waals surface area contributed by atoms with Crippen LogP contribution in [0.25, 0.3) is 0 Å². The Kier molecular flexibility index (Phi) is 4.75. The van der Waals surface area contributed by atoms with Crippen molar-refractivity contribution in [3.8, 4) is 0 Å². The fourth-order valence-corrected chi connectivity index (χ4v) is 2.21. The maximum Gasteiger partial charge on any atom is 0.0793 e. The van der Waals surface area contributed by atoms with Gasteiger partial charge in [-0.15, -0.1) is 0 Å². The third-order valence-corrected chi connectivity index (χ3v) is 3.54.